The van der Waals surface area contributed by atoms with Gasteiger partial charge in [-0.25, -0.2) is 4.39 Å². The maximum absolute atomic E-state index is 12.8. The molecule has 2 rings (SSSR count). The summed E-state index contributed by atoms with van der Waals surface area (Å²) in [6.07, 6.45) is 0. The Kier molecular flexibility index (Phi) is 5.67. The quantitative estimate of drug-likeness (QED) is 0.889. The molecule has 1 amide bonds. The van der Waals surface area contributed by atoms with Crippen LogP contribution in [-0.2, 0) is 17.9 Å². The second-order valence-electron chi connectivity index (χ2n) is 5.56. The molecule has 4 heteroatoms. The summed E-state index contributed by atoms with van der Waals surface area (Å²) in [6, 6.07) is 14.4. The van der Waals surface area contributed by atoms with Crippen LogP contribution >= 0.6 is 0 Å². The average molecular weight is 300 g/mol. The van der Waals surface area contributed by atoms with Gasteiger partial charge in [0, 0.05) is 13.1 Å². The smallest absolute Gasteiger partial charge is 0.234 e. The number of nitrogens with one attached hydrogen (secondary N) is 1. The molecule has 3 nitrogen and oxygen atoms in total. The Morgan fingerprint density at radius 1 is 1.05 bits per heavy atom. The van der Waals surface area contributed by atoms with E-state index in [1.54, 1.807) is 12.1 Å². The van der Waals surface area contributed by atoms with E-state index in [-0.39, 0.29) is 11.7 Å². The van der Waals surface area contributed by atoms with Crippen LogP contribution in [0, 0.1) is 12.7 Å². The van der Waals surface area contributed by atoms with Gasteiger partial charge < -0.3 is 5.32 Å². The zero-order valence-electron chi connectivity index (χ0n) is 13.0. The third-order valence-corrected chi connectivity index (χ3v) is 3.39. The van der Waals surface area contributed by atoms with Gasteiger partial charge in [0.15, 0.2) is 0 Å². The minimum Gasteiger partial charge on any atom is -0.351 e. The summed E-state index contributed by atoms with van der Waals surface area (Å²) in [6.45, 7) is 3.52. The second-order valence-corrected chi connectivity index (χ2v) is 5.56. The molecule has 0 aliphatic carbocycles. The lowest BCUT2D eigenvalue weighted by Gasteiger charge is -2.16. The normalized spacial score (nSPS) is 10.7. The molecule has 1 N–H and O–H groups in total. The standard InChI is InChI=1S/C18H21FN2O/c1-14-3-5-16(6-4-14)12-21(2)13-18(22)20-11-15-7-9-17(19)10-8-15/h3-10H,11-13H2,1-2H3,(H,20,22). The third kappa shape index (κ3) is 5.30. The minimum atomic E-state index is -0.270. The average Bonchev–Trinajstić information content (AvgIpc) is 2.49. The van der Waals surface area contributed by atoms with Gasteiger partial charge in [0.05, 0.1) is 6.54 Å². The van der Waals surface area contributed by atoms with Crippen molar-refractivity contribution in [3.8, 4) is 0 Å². The van der Waals surface area contributed by atoms with Crippen LogP contribution in [0.25, 0.3) is 0 Å². The molecule has 22 heavy (non-hydrogen) atoms. The number of aryl methyl sites for hydroxylation is 1. The lowest BCUT2D eigenvalue weighted by molar-refractivity contribution is -0.122. The summed E-state index contributed by atoms with van der Waals surface area (Å²) >= 11 is 0. The number of amides is 1. The van der Waals surface area contributed by atoms with Gasteiger partial charge in [-0.3, -0.25) is 9.69 Å². The second kappa shape index (κ2) is 7.71. The number of carbonyl (C=O) groups is 1. The van der Waals surface area contributed by atoms with E-state index in [1.807, 2.05) is 11.9 Å². The Morgan fingerprint density at radius 3 is 2.27 bits per heavy atom. The summed E-state index contributed by atoms with van der Waals surface area (Å²) in [4.78, 5) is 13.9. The molecule has 0 aromatic heterocycles. The van der Waals surface area contributed by atoms with Gasteiger partial charge in [-0.2, -0.15) is 0 Å². The molecule has 0 spiro atoms. The molecule has 0 saturated heterocycles. The van der Waals surface area contributed by atoms with E-state index >= 15 is 0 Å². The van der Waals surface area contributed by atoms with Crippen LogP contribution in [0.4, 0.5) is 4.39 Å². The van der Waals surface area contributed by atoms with Crippen LogP contribution in [0.15, 0.2) is 48.5 Å². The summed E-state index contributed by atoms with van der Waals surface area (Å²) in [5, 5.41) is 2.84. The summed E-state index contributed by atoms with van der Waals surface area (Å²) < 4.78 is 12.8. The van der Waals surface area contributed by atoms with Crippen molar-refractivity contribution in [1.82, 2.24) is 10.2 Å². The zero-order chi connectivity index (χ0) is 15.9. The predicted molar refractivity (Wildman–Crippen MR) is 85.8 cm³/mol. The van der Waals surface area contributed by atoms with Crippen LogP contribution in [0.1, 0.15) is 16.7 Å². The number of halogens is 1. The molecule has 0 fully saturated rings. The van der Waals surface area contributed by atoms with Crippen LogP contribution in [0.5, 0.6) is 0 Å². The number of nitrogens with zero attached hydrogens (tertiary/aromatic N) is 1. The van der Waals surface area contributed by atoms with Crippen molar-refractivity contribution in [2.45, 2.75) is 20.0 Å². The number of rotatable bonds is 6. The fourth-order valence-corrected chi connectivity index (χ4v) is 2.17. The lowest BCUT2D eigenvalue weighted by Crippen LogP contribution is -2.34. The van der Waals surface area contributed by atoms with E-state index in [0.717, 1.165) is 12.1 Å². The van der Waals surface area contributed by atoms with Gasteiger partial charge in [0.2, 0.25) is 5.91 Å². The zero-order valence-corrected chi connectivity index (χ0v) is 13.0. The Balaban J connectivity index is 1.76. The molecule has 0 bridgehead atoms. The first kappa shape index (κ1) is 16.2. The Hall–Kier alpha value is -2.20. The molecular formula is C18H21FN2O. The molecule has 0 saturated carbocycles. The first-order chi connectivity index (χ1) is 10.5. The van der Waals surface area contributed by atoms with Crippen molar-refractivity contribution in [2.75, 3.05) is 13.6 Å². The van der Waals surface area contributed by atoms with Gasteiger partial charge in [-0.05, 0) is 37.2 Å². The van der Waals surface area contributed by atoms with E-state index < -0.39 is 0 Å². The van der Waals surface area contributed by atoms with E-state index in [1.165, 1.54) is 23.3 Å². The largest absolute Gasteiger partial charge is 0.351 e. The highest BCUT2D eigenvalue weighted by Crippen LogP contribution is 2.06. The minimum absolute atomic E-state index is 0.0427. The molecule has 0 atom stereocenters. The van der Waals surface area contributed by atoms with Gasteiger partial charge >= 0.3 is 0 Å². The van der Waals surface area contributed by atoms with Crippen molar-refractivity contribution in [1.29, 1.82) is 0 Å². The monoisotopic (exact) mass is 300 g/mol. The third-order valence-electron chi connectivity index (χ3n) is 3.39. The lowest BCUT2D eigenvalue weighted by atomic mass is 10.1. The molecule has 2 aromatic rings. The highest BCUT2D eigenvalue weighted by Gasteiger charge is 2.07. The van der Waals surface area contributed by atoms with Crippen molar-refractivity contribution in [2.24, 2.45) is 0 Å². The fraction of sp³-hybridized carbons (Fsp3) is 0.278. The van der Waals surface area contributed by atoms with E-state index in [4.69, 9.17) is 0 Å². The maximum atomic E-state index is 12.8. The molecule has 0 heterocycles. The Bertz CT molecular complexity index is 608. The Labute approximate surface area is 130 Å². The van der Waals surface area contributed by atoms with Gasteiger partial charge in [0.25, 0.3) is 0 Å². The molecule has 0 radical (unpaired) electrons. The first-order valence-corrected chi connectivity index (χ1v) is 7.28. The summed E-state index contributed by atoms with van der Waals surface area (Å²) in [5.74, 6) is -0.313. The first-order valence-electron chi connectivity index (χ1n) is 7.28. The van der Waals surface area contributed by atoms with Crippen molar-refractivity contribution < 1.29 is 9.18 Å². The topological polar surface area (TPSA) is 32.3 Å². The van der Waals surface area contributed by atoms with Crippen LogP contribution in [-0.4, -0.2) is 24.4 Å². The van der Waals surface area contributed by atoms with Crippen molar-refractivity contribution in [3.63, 3.8) is 0 Å². The Morgan fingerprint density at radius 2 is 1.64 bits per heavy atom. The SMILES string of the molecule is Cc1ccc(CN(C)CC(=O)NCc2ccc(F)cc2)cc1. The van der Waals surface area contributed by atoms with E-state index in [0.29, 0.717) is 13.1 Å². The van der Waals surface area contributed by atoms with Crippen molar-refractivity contribution >= 4 is 5.91 Å². The molecule has 116 valence electrons. The molecular weight excluding hydrogens is 279 g/mol. The summed E-state index contributed by atoms with van der Waals surface area (Å²) in [5.41, 5.74) is 3.29. The molecule has 0 unspecified atom stereocenters. The number of hydrogen-bond acceptors (Lipinski definition) is 2. The molecule has 0 aliphatic rings. The van der Waals surface area contributed by atoms with Crippen LogP contribution in [0.3, 0.4) is 0 Å². The van der Waals surface area contributed by atoms with Gasteiger partial charge in [-0.15, -0.1) is 0 Å². The molecule has 0 aliphatic heterocycles. The maximum Gasteiger partial charge on any atom is 0.234 e. The van der Waals surface area contributed by atoms with E-state index in [2.05, 4.69) is 36.5 Å². The fourth-order valence-electron chi connectivity index (χ4n) is 2.17. The van der Waals surface area contributed by atoms with Gasteiger partial charge in [0.1, 0.15) is 5.82 Å². The molecule has 2 aromatic carbocycles. The predicted octanol–water partition coefficient (Wildman–Crippen LogP) is 2.88. The summed E-state index contributed by atoms with van der Waals surface area (Å²) in [7, 11) is 1.91. The number of likely N-dealkylation sites (N-methyl/N-ethyl adjacent to an activating group) is 1. The number of hydrogen-bond donors (Lipinski definition) is 1. The highest BCUT2D eigenvalue weighted by molar-refractivity contribution is 5.77. The van der Waals surface area contributed by atoms with Crippen LogP contribution in [0.2, 0.25) is 0 Å². The van der Waals surface area contributed by atoms with Gasteiger partial charge in [-0.1, -0.05) is 42.0 Å². The van der Waals surface area contributed by atoms with Crippen molar-refractivity contribution in [3.05, 3.63) is 71.0 Å². The van der Waals surface area contributed by atoms with Crippen LogP contribution < -0.4 is 5.32 Å². The number of benzene rings is 2. The highest BCUT2D eigenvalue weighted by atomic mass is 19.1. The number of carbonyl (C=O) groups excluding carboxylic acids is 1. The van der Waals surface area contributed by atoms with E-state index in [9.17, 15) is 9.18 Å².